The van der Waals surface area contributed by atoms with Gasteiger partial charge in [-0.05, 0) is 120 Å². The summed E-state index contributed by atoms with van der Waals surface area (Å²) in [7, 11) is 0. The van der Waals surface area contributed by atoms with Crippen molar-refractivity contribution in [2.75, 3.05) is 0 Å². The highest BCUT2D eigenvalue weighted by Gasteiger charge is 2.20. The third-order valence-electron chi connectivity index (χ3n) is 13.2. The first kappa shape index (κ1) is 36.2. The third kappa shape index (κ3) is 5.73. The molecule has 0 spiro atoms. The quantitative estimate of drug-likeness (QED) is 0.153. The molecular weight excluding hydrogens is 775 g/mol. The predicted molar refractivity (Wildman–Crippen MR) is 270 cm³/mol. The maximum Gasteiger partial charge on any atom is 0.143 e. The van der Waals surface area contributed by atoms with E-state index >= 15 is 0 Å². The van der Waals surface area contributed by atoms with Gasteiger partial charge in [0.05, 0.1) is 11.0 Å². The van der Waals surface area contributed by atoms with Gasteiger partial charge in [-0.1, -0.05) is 188 Å². The molecule has 0 bridgehead atoms. The molecule has 0 N–H and O–H groups in total. The maximum atomic E-state index is 6.56. The summed E-state index contributed by atoms with van der Waals surface area (Å²) in [4.78, 5) is 0. The number of hydrogen-bond acceptors (Lipinski definition) is 1. The summed E-state index contributed by atoms with van der Waals surface area (Å²) in [6, 6.07) is 86.0. The molecular formula is C62H39NO. The normalized spacial score (nSPS) is 11.8. The lowest BCUT2D eigenvalue weighted by molar-refractivity contribution is 0.670. The minimum Gasteiger partial charge on any atom is -0.455 e. The summed E-state index contributed by atoms with van der Waals surface area (Å²) in [6.07, 6.45) is 0. The fraction of sp³-hybridized carbons (Fsp3) is 0. The minimum atomic E-state index is 0.904. The van der Waals surface area contributed by atoms with Crippen LogP contribution in [0, 0.1) is 0 Å². The van der Waals surface area contributed by atoms with Crippen LogP contribution in [0.4, 0.5) is 0 Å². The molecule has 0 amide bonds. The number of aromatic nitrogens is 1. The van der Waals surface area contributed by atoms with Crippen molar-refractivity contribution in [2.24, 2.45) is 0 Å². The van der Waals surface area contributed by atoms with E-state index in [0.717, 1.165) is 49.8 Å². The number of furan rings is 1. The standard InChI is InChI=1S/C62H39NO/c1-3-15-40(16-4-1)43-19-13-20-44(37-43)45-31-35-57-55(38-45)56-39-46(48-26-14-27-54-49-21-11-12-28-59(49)64-62(48)54)32-36-58(56)63(57)47-33-29-42(30-34-47)61-52-24-9-7-22-50(52)60(41-17-5-2-6-18-41)51-23-8-10-25-53(51)61/h1-39H. The summed E-state index contributed by atoms with van der Waals surface area (Å²) in [6.45, 7) is 0. The molecule has 2 heteroatoms. The van der Waals surface area contributed by atoms with Crippen LogP contribution in [0.25, 0.3) is 127 Å². The second-order valence-electron chi connectivity index (χ2n) is 16.8. The van der Waals surface area contributed by atoms with Crippen molar-refractivity contribution in [3.63, 3.8) is 0 Å². The summed E-state index contributed by atoms with van der Waals surface area (Å²) >= 11 is 0. The van der Waals surface area contributed by atoms with Crippen LogP contribution in [-0.2, 0) is 0 Å². The Labute approximate surface area is 370 Å². The molecule has 0 fully saturated rings. The van der Waals surface area contributed by atoms with Crippen molar-refractivity contribution in [3.8, 4) is 61.3 Å². The number of nitrogens with zero attached hydrogens (tertiary/aromatic N) is 1. The van der Waals surface area contributed by atoms with Crippen LogP contribution in [0.15, 0.2) is 241 Å². The zero-order valence-electron chi connectivity index (χ0n) is 34.9. The predicted octanol–water partition coefficient (Wildman–Crippen LogP) is 17.3. The molecule has 13 rings (SSSR count). The number of hydrogen-bond donors (Lipinski definition) is 0. The molecule has 2 aromatic heterocycles. The van der Waals surface area contributed by atoms with Crippen molar-refractivity contribution < 1.29 is 4.42 Å². The molecule has 0 aliphatic heterocycles. The molecule has 298 valence electrons. The Bertz CT molecular complexity index is 3870. The molecule has 11 aromatic carbocycles. The number of rotatable bonds is 6. The monoisotopic (exact) mass is 813 g/mol. The molecule has 2 nitrogen and oxygen atoms in total. The summed E-state index contributed by atoms with van der Waals surface area (Å²) in [5.74, 6) is 0. The second kappa shape index (κ2) is 14.6. The highest BCUT2D eigenvalue weighted by atomic mass is 16.3. The molecule has 64 heavy (non-hydrogen) atoms. The Hall–Kier alpha value is -8.46. The van der Waals surface area contributed by atoms with Crippen LogP contribution in [0.5, 0.6) is 0 Å². The van der Waals surface area contributed by atoms with Crippen molar-refractivity contribution in [1.29, 1.82) is 0 Å². The third-order valence-corrected chi connectivity index (χ3v) is 13.2. The lowest BCUT2D eigenvalue weighted by Crippen LogP contribution is -1.95. The van der Waals surface area contributed by atoms with E-state index in [-0.39, 0.29) is 0 Å². The molecule has 13 aromatic rings. The zero-order valence-corrected chi connectivity index (χ0v) is 34.9. The topological polar surface area (TPSA) is 18.1 Å². The van der Waals surface area contributed by atoms with Gasteiger partial charge in [0, 0.05) is 32.8 Å². The number of para-hydroxylation sites is 2. The first-order valence-electron chi connectivity index (χ1n) is 22.0. The van der Waals surface area contributed by atoms with E-state index in [2.05, 4.69) is 235 Å². The van der Waals surface area contributed by atoms with Gasteiger partial charge in [-0.3, -0.25) is 0 Å². The van der Waals surface area contributed by atoms with Crippen molar-refractivity contribution in [3.05, 3.63) is 237 Å². The van der Waals surface area contributed by atoms with Crippen LogP contribution < -0.4 is 0 Å². The summed E-state index contributed by atoms with van der Waals surface area (Å²) in [5.41, 5.74) is 17.2. The van der Waals surface area contributed by atoms with E-state index in [9.17, 15) is 0 Å². The van der Waals surface area contributed by atoms with Crippen molar-refractivity contribution >= 4 is 65.3 Å². The molecule has 0 aliphatic rings. The zero-order chi connectivity index (χ0) is 42.1. The van der Waals surface area contributed by atoms with Gasteiger partial charge in [-0.15, -0.1) is 0 Å². The van der Waals surface area contributed by atoms with Gasteiger partial charge in [0.15, 0.2) is 0 Å². The molecule has 0 atom stereocenters. The Morgan fingerprint density at radius 3 is 1.34 bits per heavy atom. The fourth-order valence-electron chi connectivity index (χ4n) is 10.3. The second-order valence-corrected chi connectivity index (χ2v) is 16.8. The van der Waals surface area contributed by atoms with E-state index < -0.39 is 0 Å². The SMILES string of the molecule is c1ccc(-c2cccc(-c3ccc4c(c3)c3cc(-c5cccc6c5oc5ccccc56)ccc3n4-c3ccc(-c4c5ccccc5c(-c5ccccc5)c5ccccc45)cc3)c2)cc1. The van der Waals surface area contributed by atoms with E-state index in [4.69, 9.17) is 4.42 Å². The van der Waals surface area contributed by atoms with Crippen molar-refractivity contribution in [1.82, 2.24) is 4.57 Å². The smallest absolute Gasteiger partial charge is 0.143 e. The van der Waals surface area contributed by atoms with E-state index in [0.29, 0.717) is 0 Å². The fourth-order valence-corrected chi connectivity index (χ4v) is 10.3. The minimum absolute atomic E-state index is 0.904. The van der Waals surface area contributed by atoms with Crippen LogP contribution in [0.2, 0.25) is 0 Å². The molecule has 0 saturated carbocycles. The highest BCUT2D eigenvalue weighted by molar-refractivity contribution is 6.21. The Morgan fingerprint density at radius 2 is 0.703 bits per heavy atom. The van der Waals surface area contributed by atoms with Gasteiger partial charge < -0.3 is 8.98 Å². The Balaban J connectivity index is 1.00. The Morgan fingerprint density at radius 1 is 0.266 bits per heavy atom. The lowest BCUT2D eigenvalue weighted by atomic mass is 9.86. The highest BCUT2D eigenvalue weighted by Crippen LogP contribution is 2.45. The average molecular weight is 814 g/mol. The van der Waals surface area contributed by atoms with Gasteiger partial charge in [0.25, 0.3) is 0 Å². The molecule has 0 aliphatic carbocycles. The molecule has 2 heterocycles. The Kier molecular flexibility index (Phi) is 8.25. The van der Waals surface area contributed by atoms with Crippen LogP contribution in [0.3, 0.4) is 0 Å². The van der Waals surface area contributed by atoms with Crippen molar-refractivity contribution in [2.45, 2.75) is 0 Å². The van der Waals surface area contributed by atoms with Crippen LogP contribution in [-0.4, -0.2) is 4.57 Å². The molecule has 0 saturated heterocycles. The largest absolute Gasteiger partial charge is 0.455 e. The first-order chi connectivity index (χ1) is 31.7. The average Bonchev–Trinajstić information content (AvgIpc) is 3.91. The lowest BCUT2D eigenvalue weighted by Gasteiger charge is -2.18. The van der Waals surface area contributed by atoms with Crippen LogP contribution >= 0.6 is 0 Å². The van der Waals surface area contributed by atoms with E-state index in [1.807, 2.05) is 6.07 Å². The first-order valence-corrected chi connectivity index (χ1v) is 22.0. The van der Waals surface area contributed by atoms with Gasteiger partial charge in [0.2, 0.25) is 0 Å². The van der Waals surface area contributed by atoms with Crippen LogP contribution in [0.1, 0.15) is 0 Å². The molecule has 0 radical (unpaired) electrons. The molecule has 0 unspecified atom stereocenters. The van der Waals surface area contributed by atoms with E-state index in [1.54, 1.807) is 0 Å². The van der Waals surface area contributed by atoms with Gasteiger partial charge >= 0.3 is 0 Å². The summed E-state index contributed by atoms with van der Waals surface area (Å²) < 4.78 is 8.99. The van der Waals surface area contributed by atoms with Gasteiger partial charge in [-0.25, -0.2) is 0 Å². The maximum absolute atomic E-state index is 6.56. The summed E-state index contributed by atoms with van der Waals surface area (Å²) in [5, 5.41) is 9.68. The number of benzene rings is 11. The van der Waals surface area contributed by atoms with E-state index in [1.165, 1.54) is 76.8 Å². The number of fused-ring (bicyclic) bond motifs is 8. The van der Waals surface area contributed by atoms with Gasteiger partial charge in [0.1, 0.15) is 11.2 Å². The van der Waals surface area contributed by atoms with Gasteiger partial charge in [-0.2, -0.15) is 0 Å².